The van der Waals surface area contributed by atoms with Gasteiger partial charge in [-0.1, -0.05) is 13.0 Å². The second-order valence-electron chi connectivity index (χ2n) is 6.59. The predicted molar refractivity (Wildman–Crippen MR) is 89.2 cm³/mol. The standard InChI is InChI=1S/C18H25F3N2O2/c1-12(13-4-3-7-22-10-13)8-17(24)23-11-14-5-6-15(25-2)9-16(14)18(19,20)21/h5-6,9,12-13,22H,3-4,7-8,10-11H2,1-2H3,(H,23,24). The molecule has 7 heteroatoms. The molecule has 0 bridgehead atoms. The Kier molecular flexibility index (Phi) is 6.70. The molecule has 2 unspecified atom stereocenters. The minimum absolute atomic E-state index is 0.0358. The molecule has 2 N–H and O–H groups in total. The molecule has 1 fully saturated rings. The van der Waals surface area contributed by atoms with E-state index in [0.29, 0.717) is 12.3 Å². The van der Waals surface area contributed by atoms with Crippen LogP contribution in [0.4, 0.5) is 13.2 Å². The highest BCUT2D eigenvalue weighted by atomic mass is 19.4. The molecule has 1 aliphatic rings. The number of carbonyl (C=O) groups is 1. The van der Waals surface area contributed by atoms with Gasteiger partial charge in [0.1, 0.15) is 5.75 Å². The summed E-state index contributed by atoms with van der Waals surface area (Å²) in [6.07, 6.45) is -1.99. The van der Waals surface area contributed by atoms with Crippen LogP contribution in [0.1, 0.15) is 37.3 Å². The van der Waals surface area contributed by atoms with Crippen LogP contribution in [0.25, 0.3) is 0 Å². The smallest absolute Gasteiger partial charge is 0.416 e. The molecule has 0 aliphatic carbocycles. The second-order valence-corrected chi connectivity index (χ2v) is 6.59. The van der Waals surface area contributed by atoms with E-state index >= 15 is 0 Å². The molecule has 1 amide bonds. The number of rotatable bonds is 6. The summed E-state index contributed by atoms with van der Waals surface area (Å²) in [5, 5.41) is 5.93. The van der Waals surface area contributed by atoms with Gasteiger partial charge in [0.25, 0.3) is 0 Å². The number of carbonyl (C=O) groups excluding carboxylic acids is 1. The van der Waals surface area contributed by atoms with Gasteiger partial charge in [0.15, 0.2) is 0 Å². The molecule has 4 nitrogen and oxygen atoms in total. The number of amides is 1. The molecule has 2 atom stereocenters. The Morgan fingerprint density at radius 2 is 2.20 bits per heavy atom. The number of nitrogens with one attached hydrogen (secondary N) is 2. The van der Waals surface area contributed by atoms with Crippen molar-refractivity contribution in [3.05, 3.63) is 29.3 Å². The van der Waals surface area contributed by atoms with Gasteiger partial charge in [0.2, 0.25) is 5.91 Å². The lowest BCUT2D eigenvalue weighted by molar-refractivity contribution is -0.138. The van der Waals surface area contributed by atoms with E-state index < -0.39 is 11.7 Å². The van der Waals surface area contributed by atoms with Crippen molar-refractivity contribution in [1.82, 2.24) is 10.6 Å². The van der Waals surface area contributed by atoms with Crippen molar-refractivity contribution >= 4 is 5.91 Å². The summed E-state index contributed by atoms with van der Waals surface area (Å²) in [4.78, 5) is 12.1. The SMILES string of the molecule is COc1ccc(CNC(=O)CC(C)C2CCCNC2)c(C(F)(F)F)c1. The highest BCUT2D eigenvalue weighted by Gasteiger charge is 2.34. The van der Waals surface area contributed by atoms with E-state index in [9.17, 15) is 18.0 Å². The van der Waals surface area contributed by atoms with E-state index in [1.54, 1.807) is 0 Å². The lowest BCUT2D eigenvalue weighted by atomic mass is 9.85. The molecule has 140 valence electrons. The molecule has 1 heterocycles. The first kappa shape index (κ1) is 19.6. The van der Waals surface area contributed by atoms with Crippen molar-refractivity contribution in [1.29, 1.82) is 0 Å². The quantitative estimate of drug-likeness (QED) is 0.820. The molecule has 1 aromatic carbocycles. The Hall–Kier alpha value is -1.76. The average Bonchev–Trinajstić information content (AvgIpc) is 2.59. The Morgan fingerprint density at radius 3 is 2.80 bits per heavy atom. The maximum Gasteiger partial charge on any atom is 0.416 e. The minimum atomic E-state index is -4.49. The van der Waals surface area contributed by atoms with Gasteiger partial charge in [-0.2, -0.15) is 13.2 Å². The van der Waals surface area contributed by atoms with E-state index in [1.807, 2.05) is 6.92 Å². The number of alkyl halides is 3. The van der Waals surface area contributed by atoms with Crippen molar-refractivity contribution in [2.24, 2.45) is 11.8 Å². The van der Waals surface area contributed by atoms with Crippen molar-refractivity contribution < 1.29 is 22.7 Å². The minimum Gasteiger partial charge on any atom is -0.497 e. The van der Waals surface area contributed by atoms with Gasteiger partial charge in [-0.15, -0.1) is 0 Å². The molecule has 0 spiro atoms. The Labute approximate surface area is 146 Å². The predicted octanol–water partition coefficient (Wildman–Crippen LogP) is 3.36. The van der Waals surface area contributed by atoms with Crippen molar-refractivity contribution in [2.45, 2.75) is 38.9 Å². The first-order valence-corrected chi connectivity index (χ1v) is 8.52. The second kappa shape index (κ2) is 8.56. The normalized spacial score (nSPS) is 19.3. The summed E-state index contributed by atoms with van der Waals surface area (Å²) in [5.74, 6) is 0.555. The lowest BCUT2D eigenvalue weighted by Gasteiger charge is -2.28. The maximum atomic E-state index is 13.2. The zero-order chi connectivity index (χ0) is 18.4. The summed E-state index contributed by atoms with van der Waals surface area (Å²) in [7, 11) is 1.32. The summed E-state index contributed by atoms with van der Waals surface area (Å²) < 4.78 is 44.4. The molecule has 0 saturated carbocycles. The van der Waals surface area contributed by atoms with E-state index in [2.05, 4.69) is 10.6 Å². The van der Waals surface area contributed by atoms with E-state index in [4.69, 9.17) is 4.74 Å². The van der Waals surface area contributed by atoms with Crippen LogP contribution in [0.15, 0.2) is 18.2 Å². The summed E-state index contributed by atoms with van der Waals surface area (Å²) in [6.45, 7) is 3.78. The molecule has 2 rings (SSSR count). The lowest BCUT2D eigenvalue weighted by Crippen LogP contribution is -2.35. The van der Waals surface area contributed by atoms with Gasteiger partial charge in [0.05, 0.1) is 12.7 Å². The third-order valence-corrected chi connectivity index (χ3v) is 4.75. The number of piperidine rings is 1. The third-order valence-electron chi connectivity index (χ3n) is 4.75. The summed E-state index contributed by atoms with van der Waals surface area (Å²) >= 11 is 0. The molecule has 1 aliphatic heterocycles. The van der Waals surface area contributed by atoms with Crippen LogP contribution in [0.2, 0.25) is 0 Å². The van der Waals surface area contributed by atoms with Gasteiger partial charge >= 0.3 is 6.18 Å². The van der Waals surface area contributed by atoms with Crippen LogP contribution in [0, 0.1) is 11.8 Å². The van der Waals surface area contributed by atoms with Gasteiger partial charge < -0.3 is 15.4 Å². The fourth-order valence-corrected chi connectivity index (χ4v) is 3.19. The topological polar surface area (TPSA) is 50.4 Å². The van der Waals surface area contributed by atoms with E-state index in [-0.39, 0.29) is 29.7 Å². The van der Waals surface area contributed by atoms with Crippen LogP contribution < -0.4 is 15.4 Å². The van der Waals surface area contributed by atoms with Gasteiger partial charge in [0, 0.05) is 13.0 Å². The average molecular weight is 358 g/mol. The summed E-state index contributed by atoms with van der Waals surface area (Å²) in [6, 6.07) is 3.77. The molecular formula is C18H25F3N2O2. The summed E-state index contributed by atoms with van der Waals surface area (Å²) in [5.41, 5.74) is -0.745. The van der Waals surface area contributed by atoms with E-state index in [1.165, 1.54) is 19.2 Å². The Morgan fingerprint density at radius 1 is 1.44 bits per heavy atom. The monoisotopic (exact) mass is 358 g/mol. The van der Waals surface area contributed by atoms with Crippen LogP contribution in [0.3, 0.4) is 0 Å². The van der Waals surface area contributed by atoms with Crippen LogP contribution in [-0.2, 0) is 17.5 Å². The Bertz CT molecular complexity index is 584. The third kappa shape index (κ3) is 5.63. The van der Waals surface area contributed by atoms with Gasteiger partial charge in [-0.05, 0) is 55.5 Å². The number of hydrogen-bond acceptors (Lipinski definition) is 3. The van der Waals surface area contributed by atoms with Crippen molar-refractivity contribution in [3.63, 3.8) is 0 Å². The number of ether oxygens (including phenoxy) is 1. The molecular weight excluding hydrogens is 333 g/mol. The highest BCUT2D eigenvalue weighted by molar-refractivity contribution is 5.76. The fraction of sp³-hybridized carbons (Fsp3) is 0.611. The molecule has 0 aromatic heterocycles. The number of hydrogen-bond donors (Lipinski definition) is 2. The van der Waals surface area contributed by atoms with Gasteiger partial charge in [-0.3, -0.25) is 4.79 Å². The number of methoxy groups -OCH3 is 1. The van der Waals surface area contributed by atoms with Crippen LogP contribution in [-0.4, -0.2) is 26.1 Å². The first-order chi connectivity index (χ1) is 11.8. The van der Waals surface area contributed by atoms with Crippen molar-refractivity contribution in [3.8, 4) is 5.75 Å². The van der Waals surface area contributed by atoms with E-state index in [0.717, 1.165) is 32.0 Å². The molecule has 1 saturated heterocycles. The molecule has 0 radical (unpaired) electrons. The molecule has 1 aromatic rings. The van der Waals surface area contributed by atoms with Crippen LogP contribution >= 0.6 is 0 Å². The zero-order valence-corrected chi connectivity index (χ0v) is 14.6. The first-order valence-electron chi connectivity index (χ1n) is 8.52. The van der Waals surface area contributed by atoms with Crippen molar-refractivity contribution in [2.75, 3.05) is 20.2 Å². The fourth-order valence-electron chi connectivity index (χ4n) is 3.19. The Balaban J connectivity index is 1.94. The molecule has 25 heavy (non-hydrogen) atoms. The van der Waals surface area contributed by atoms with Crippen LogP contribution in [0.5, 0.6) is 5.75 Å². The maximum absolute atomic E-state index is 13.2. The van der Waals surface area contributed by atoms with Gasteiger partial charge in [-0.25, -0.2) is 0 Å². The number of benzene rings is 1. The zero-order valence-electron chi connectivity index (χ0n) is 14.6. The highest BCUT2D eigenvalue weighted by Crippen LogP contribution is 2.34. The number of halogens is 3. The largest absolute Gasteiger partial charge is 0.497 e.